The van der Waals surface area contributed by atoms with Crippen LogP contribution in [0.4, 0.5) is 10.5 Å². The fourth-order valence-electron chi connectivity index (χ4n) is 2.29. The minimum atomic E-state index is -0.929. The molecule has 2 rings (SSSR count). The zero-order valence-electron chi connectivity index (χ0n) is 16.6. The van der Waals surface area contributed by atoms with Crippen molar-refractivity contribution in [1.29, 1.82) is 0 Å². The maximum Gasteiger partial charge on any atom is 0.410 e. The minimum Gasteiger partial charge on any atom is -0.478 e. The second kappa shape index (κ2) is 10.0. The van der Waals surface area contributed by atoms with Crippen LogP contribution in [0.2, 0.25) is 0 Å². The van der Waals surface area contributed by atoms with E-state index in [0.717, 1.165) is 5.69 Å². The van der Waals surface area contributed by atoms with Gasteiger partial charge in [-0.2, -0.15) is 0 Å². The highest BCUT2D eigenvalue weighted by molar-refractivity contribution is 5.88. The van der Waals surface area contributed by atoms with E-state index in [0.29, 0.717) is 26.2 Å². The summed E-state index contributed by atoms with van der Waals surface area (Å²) in [7, 11) is 0. The van der Waals surface area contributed by atoms with Crippen LogP contribution in [0, 0.1) is 0 Å². The normalized spacial score (nSPS) is 14.3. The van der Waals surface area contributed by atoms with Crippen LogP contribution in [0.25, 0.3) is 0 Å². The zero-order valence-corrected chi connectivity index (χ0v) is 16.6. The van der Waals surface area contributed by atoms with Gasteiger partial charge in [0.05, 0.1) is 5.56 Å². The third kappa shape index (κ3) is 7.33. The lowest BCUT2D eigenvalue weighted by Crippen LogP contribution is -2.50. The summed E-state index contributed by atoms with van der Waals surface area (Å²) in [6.07, 6.45) is 2.35. The van der Waals surface area contributed by atoms with Gasteiger partial charge >= 0.3 is 12.1 Å². The van der Waals surface area contributed by atoms with Crippen LogP contribution in [0.15, 0.2) is 24.3 Å². The minimum absolute atomic E-state index is 0.274. The second-order valence-corrected chi connectivity index (χ2v) is 7.31. The standard InChI is InChI=1S/C16H22N2O4.C4H10/c1-16(2,3)22-15(21)18-10-8-17(9-11-18)13-6-4-12(5-7-13)14(19)20;1-3-4-2/h4-7H,8-11H2,1-3H3,(H,19,20);3-4H2,1-2H3. The number of piperazine rings is 1. The number of anilines is 1. The molecule has 26 heavy (non-hydrogen) atoms. The van der Waals surface area contributed by atoms with Crippen LogP contribution >= 0.6 is 0 Å². The predicted octanol–water partition coefficient (Wildman–Crippen LogP) is 4.25. The highest BCUT2D eigenvalue weighted by Crippen LogP contribution is 2.18. The molecule has 6 heteroatoms. The van der Waals surface area contributed by atoms with Crippen molar-refractivity contribution in [3.05, 3.63) is 29.8 Å². The van der Waals surface area contributed by atoms with E-state index in [1.807, 2.05) is 20.8 Å². The number of aromatic carboxylic acids is 1. The number of carboxylic acids is 1. The summed E-state index contributed by atoms with van der Waals surface area (Å²) in [5.74, 6) is -0.929. The Morgan fingerprint density at radius 3 is 1.88 bits per heavy atom. The molecule has 0 radical (unpaired) electrons. The first-order valence-electron chi connectivity index (χ1n) is 9.24. The molecule has 0 bridgehead atoms. The molecule has 0 aliphatic carbocycles. The lowest BCUT2D eigenvalue weighted by Gasteiger charge is -2.36. The summed E-state index contributed by atoms with van der Waals surface area (Å²) < 4.78 is 5.36. The lowest BCUT2D eigenvalue weighted by atomic mass is 10.2. The summed E-state index contributed by atoms with van der Waals surface area (Å²) in [5, 5.41) is 8.90. The quantitative estimate of drug-likeness (QED) is 0.868. The van der Waals surface area contributed by atoms with Crippen LogP contribution in [0.5, 0.6) is 0 Å². The molecule has 146 valence electrons. The van der Waals surface area contributed by atoms with Crippen LogP contribution in [-0.4, -0.2) is 53.8 Å². The molecule has 1 aromatic rings. The number of amides is 1. The van der Waals surface area contributed by atoms with Gasteiger partial charge in [0.15, 0.2) is 0 Å². The average molecular weight is 364 g/mol. The van der Waals surface area contributed by atoms with Crippen molar-refractivity contribution in [3.8, 4) is 0 Å². The van der Waals surface area contributed by atoms with E-state index in [-0.39, 0.29) is 11.7 Å². The van der Waals surface area contributed by atoms with E-state index in [1.165, 1.54) is 12.8 Å². The van der Waals surface area contributed by atoms with Gasteiger partial charge in [0.25, 0.3) is 0 Å². The van der Waals surface area contributed by atoms with E-state index >= 15 is 0 Å². The number of ether oxygens (including phenoxy) is 1. The van der Waals surface area contributed by atoms with Crippen molar-refractivity contribution in [2.75, 3.05) is 31.1 Å². The van der Waals surface area contributed by atoms with E-state index < -0.39 is 11.6 Å². The molecule has 1 N–H and O–H groups in total. The first-order valence-corrected chi connectivity index (χ1v) is 9.24. The maximum absolute atomic E-state index is 12.0. The predicted molar refractivity (Wildman–Crippen MR) is 104 cm³/mol. The van der Waals surface area contributed by atoms with Crippen molar-refractivity contribution in [1.82, 2.24) is 4.90 Å². The number of hydrogen-bond donors (Lipinski definition) is 1. The number of carboxylic acid groups (broad SMARTS) is 1. The maximum atomic E-state index is 12.0. The van der Waals surface area contributed by atoms with Crippen molar-refractivity contribution in [3.63, 3.8) is 0 Å². The van der Waals surface area contributed by atoms with Crippen LogP contribution in [-0.2, 0) is 4.74 Å². The van der Waals surface area contributed by atoms with Gasteiger partial charge in [-0.25, -0.2) is 9.59 Å². The SMILES string of the molecule is CC(C)(C)OC(=O)N1CCN(c2ccc(C(=O)O)cc2)CC1.CCCC. The molecule has 1 aliphatic heterocycles. The van der Waals surface area contributed by atoms with E-state index in [1.54, 1.807) is 29.2 Å². The van der Waals surface area contributed by atoms with Gasteiger partial charge in [0.2, 0.25) is 0 Å². The Balaban J connectivity index is 0.000000765. The van der Waals surface area contributed by atoms with Gasteiger partial charge in [-0.3, -0.25) is 0 Å². The molecule has 1 amide bonds. The van der Waals surface area contributed by atoms with Gasteiger partial charge in [0.1, 0.15) is 5.60 Å². The number of unbranched alkanes of at least 4 members (excludes halogenated alkanes) is 1. The fraction of sp³-hybridized carbons (Fsp3) is 0.600. The molecular formula is C20H32N2O4. The summed E-state index contributed by atoms with van der Waals surface area (Å²) >= 11 is 0. The van der Waals surface area contributed by atoms with E-state index in [9.17, 15) is 9.59 Å². The van der Waals surface area contributed by atoms with E-state index in [4.69, 9.17) is 9.84 Å². The van der Waals surface area contributed by atoms with Gasteiger partial charge in [-0.05, 0) is 45.0 Å². The highest BCUT2D eigenvalue weighted by atomic mass is 16.6. The smallest absolute Gasteiger partial charge is 0.410 e. The van der Waals surface area contributed by atoms with Gasteiger partial charge in [-0.1, -0.05) is 26.7 Å². The molecule has 0 spiro atoms. The molecule has 1 saturated heterocycles. The number of carbonyl (C=O) groups excluding carboxylic acids is 1. The Hall–Kier alpha value is -2.24. The van der Waals surface area contributed by atoms with Gasteiger partial charge in [0, 0.05) is 31.9 Å². The number of nitrogens with zero attached hydrogens (tertiary/aromatic N) is 2. The monoisotopic (exact) mass is 364 g/mol. The number of benzene rings is 1. The Kier molecular flexibility index (Phi) is 8.42. The second-order valence-electron chi connectivity index (χ2n) is 7.31. The first kappa shape index (κ1) is 21.8. The molecule has 0 aromatic heterocycles. The topological polar surface area (TPSA) is 70.1 Å². The van der Waals surface area contributed by atoms with Gasteiger partial charge in [-0.15, -0.1) is 0 Å². The van der Waals surface area contributed by atoms with Crippen LogP contribution in [0.1, 0.15) is 57.8 Å². The van der Waals surface area contributed by atoms with E-state index in [2.05, 4.69) is 18.7 Å². The number of hydrogen-bond acceptors (Lipinski definition) is 4. The fourth-order valence-corrected chi connectivity index (χ4v) is 2.29. The largest absolute Gasteiger partial charge is 0.478 e. The Labute approximate surface area is 156 Å². The van der Waals surface area contributed by atoms with Crippen molar-refractivity contribution >= 4 is 17.7 Å². The molecule has 1 heterocycles. The molecule has 0 atom stereocenters. The molecule has 6 nitrogen and oxygen atoms in total. The first-order chi connectivity index (χ1) is 12.2. The molecule has 1 aromatic carbocycles. The number of rotatable bonds is 3. The molecule has 1 fully saturated rings. The zero-order chi connectivity index (χ0) is 19.7. The van der Waals surface area contributed by atoms with Crippen LogP contribution < -0.4 is 4.90 Å². The molecular weight excluding hydrogens is 332 g/mol. The van der Waals surface area contributed by atoms with Crippen LogP contribution in [0.3, 0.4) is 0 Å². The molecule has 0 saturated carbocycles. The number of carbonyl (C=O) groups is 2. The highest BCUT2D eigenvalue weighted by Gasteiger charge is 2.25. The van der Waals surface area contributed by atoms with Gasteiger partial charge < -0.3 is 19.6 Å². The Morgan fingerprint density at radius 1 is 1.00 bits per heavy atom. The van der Waals surface area contributed by atoms with Crippen molar-refractivity contribution in [2.24, 2.45) is 0 Å². The Bertz CT molecular complexity index is 568. The molecule has 1 aliphatic rings. The van der Waals surface area contributed by atoms with Crippen molar-refractivity contribution < 1.29 is 19.4 Å². The summed E-state index contributed by atoms with van der Waals surface area (Å²) in [5.41, 5.74) is 0.755. The average Bonchev–Trinajstić information content (AvgIpc) is 2.60. The summed E-state index contributed by atoms with van der Waals surface area (Å²) in [4.78, 5) is 26.7. The molecule has 0 unspecified atom stereocenters. The summed E-state index contributed by atoms with van der Waals surface area (Å²) in [6, 6.07) is 6.79. The summed E-state index contributed by atoms with van der Waals surface area (Å²) in [6.45, 7) is 12.5. The third-order valence-electron chi connectivity index (χ3n) is 3.91. The lowest BCUT2D eigenvalue weighted by molar-refractivity contribution is 0.0240. The Morgan fingerprint density at radius 2 is 1.50 bits per heavy atom. The van der Waals surface area contributed by atoms with Crippen molar-refractivity contribution in [2.45, 2.75) is 53.1 Å². The third-order valence-corrected chi connectivity index (χ3v) is 3.91.